The third-order valence-electron chi connectivity index (χ3n) is 4.61. The van der Waals surface area contributed by atoms with Crippen molar-refractivity contribution in [3.05, 3.63) is 0 Å². The summed E-state index contributed by atoms with van der Waals surface area (Å²) in [7, 11) is -0.611. The average Bonchev–Trinajstić information content (AvgIpc) is 3.04. The molecule has 0 aliphatic carbocycles. The minimum atomic E-state index is -1.79. The Kier molecular flexibility index (Phi) is 7.58. The zero-order chi connectivity index (χ0) is 24.7. The molecule has 0 aromatic carbocycles. The molecule has 4 atom stereocenters. The lowest BCUT2D eigenvalue weighted by Gasteiger charge is -2.43. The van der Waals surface area contributed by atoms with E-state index in [1.165, 1.54) is 9.80 Å². The highest BCUT2D eigenvalue weighted by Crippen LogP contribution is 2.41. The highest BCUT2D eigenvalue weighted by molar-refractivity contribution is 7.83. The fraction of sp³-hybridized carbons (Fsp3) is 0.900. The second kappa shape index (κ2) is 9.05. The normalized spacial score (nSPS) is 32.1. The Balaban J connectivity index is 0.000000837. The summed E-state index contributed by atoms with van der Waals surface area (Å²) in [6.45, 7) is 10.1. The van der Waals surface area contributed by atoms with Crippen molar-refractivity contribution in [1.29, 1.82) is 0 Å². The van der Waals surface area contributed by atoms with Crippen molar-refractivity contribution in [1.82, 2.24) is 9.80 Å². The molecule has 3 fully saturated rings. The first-order chi connectivity index (χ1) is 14.3. The van der Waals surface area contributed by atoms with Crippen LogP contribution in [-0.4, -0.2) is 110 Å². The predicted octanol–water partition coefficient (Wildman–Crippen LogP) is 0.644. The number of fused-ring (bicyclic) bond motifs is 2. The molecule has 12 heteroatoms. The maximum Gasteiger partial charge on any atom is 0.410 e. The number of rotatable bonds is 0. The van der Waals surface area contributed by atoms with Gasteiger partial charge >= 0.3 is 12.2 Å². The molecule has 0 spiro atoms. The molecule has 3 aliphatic rings. The number of carbonyl (C=O) groups excluding carboxylic acids is 2. The molecule has 0 bridgehead atoms. The molecule has 0 radical (unpaired) electrons. The monoisotopic (exact) mass is 480 g/mol. The summed E-state index contributed by atoms with van der Waals surface area (Å²) in [5.41, 5.74) is -1.37. The average molecular weight is 481 g/mol. The van der Waals surface area contributed by atoms with E-state index in [1.54, 1.807) is 54.1 Å². The van der Waals surface area contributed by atoms with Crippen molar-refractivity contribution in [3.8, 4) is 0 Å². The first-order valence-electron chi connectivity index (χ1n) is 10.3. The molecule has 4 unspecified atom stereocenters. The summed E-state index contributed by atoms with van der Waals surface area (Å²) in [5, 5.41) is 21.7. The van der Waals surface area contributed by atoms with Crippen molar-refractivity contribution in [3.63, 3.8) is 0 Å². The number of ether oxygens (including phenoxy) is 4. The van der Waals surface area contributed by atoms with Crippen molar-refractivity contribution < 1.29 is 43.0 Å². The Morgan fingerprint density at radius 3 is 1.38 bits per heavy atom. The van der Waals surface area contributed by atoms with E-state index in [-0.39, 0.29) is 26.2 Å². The predicted molar refractivity (Wildman–Crippen MR) is 115 cm³/mol. The van der Waals surface area contributed by atoms with Crippen LogP contribution in [0.5, 0.6) is 0 Å². The molecule has 3 saturated heterocycles. The molecule has 3 aliphatic heterocycles. The topological polar surface area (TPSA) is 135 Å². The minimum absolute atomic E-state index is 0.00706. The molecule has 3 rings (SSSR count). The quantitative estimate of drug-likeness (QED) is 0.512. The Hall–Kier alpha value is -1.47. The van der Waals surface area contributed by atoms with Gasteiger partial charge in [0.25, 0.3) is 0 Å². The van der Waals surface area contributed by atoms with Gasteiger partial charge in [-0.25, -0.2) is 9.59 Å². The summed E-state index contributed by atoms with van der Waals surface area (Å²) in [6, 6.07) is 0. The van der Waals surface area contributed by atoms with Crippen molar-refractivity contribution >= 4 is 23.0 Å². The van der Waals surface area contributed by atoms with Gasteiger partial charge in [-0.3, -0.25) is 14.0 Å². The lowest BCUT2D eigenvalue weighted by molar-refractivity contribution is -0.396. The first-order valence-corrected chi connectivity index (χ1v) is 12.3. The maximum atomic E-state index is 12.3. The first kappa shape index (κ1) is 26.8. The third kappa shape index (κ3) is 6.77. The Morgan fingerprint density at radius 1 is 0.844 bits per heavy atom. The van der Waals surface area contributed by atoms with Crippen LogP contribution in [0.15, 0.2) is 0 Å². The number of likely N-dealkylation sites (tertiary alicyclic amines) is 2. The Labute approximate surface area is 191 Å². The number of β-amino-alcohol motifs (C(OH)–C–C–N with tert-alkyl or cyclic N) is 2. The van der Waals surface area contributed by atoms with Crippen molar-refractivity contribution in [2.75, 3.05) is 38.7 Å². The molecule has 2 N–H and O–H groups in total. The van der Waals surface area contributed by atoms with Crippen LogP contribution in [0.4, 0.5) is 9.59 Å². The standard InChI is InChI=1S/C18H30N2O8.C2H6OS/c1-15(2,3)27-13(21)19-7-11-17(23,9-19)26-12-8-20(10-18(12,24)25-11)14(22)28-16(4,5)6;1-4(2)3/h11-12,23-24H,7-10H2,1-6H3;1-2H3. The van der Waals surface area contributed by atoms with Gasteiger partial charge in [-0.15, -0.1) is 0 Å². The third-order valence-corrected chi connectivity index (χ3v) is 4.61. The second-order valence-electron chi connectivity index (χ2n) is 10.4. The van der Waals surface area contributed by atoms with Crippen molar-refractivity contribution in [2.24, 2.45) is 0 Å². The van der Waals surface area contributed by atoms with Gasteiger partial charge in [0.1, 0.15) is 23.4 Å². The van der Waals surface area contributed by atoms with Crippen LogP contribution in [0.2, 0.25) is 0 Å². The summed E-state index contributed by atoms with van der Waals surface area (Å²) in [4.78, 5) is 27.2. The van der Waals surface area contributed by atoms with E-state index < -0.39 is 58.0 Å². The van der Waals surface area contributed by atoms with Gasteiger partial charge < -0.3 is 29.2 Å². The van der Waals surface area contributed by atoms with Gasteiger partial charge in [0.05, 0.1) is 26.2 Å². The lowest BCUT2D eigenvalue weighted by atomic mass is 10.1. The van der Waals surface area contributed by atoms with Crippen molar-refractivity contribution in [2.45, 2.75) is 76.5 Å². The van der Waals surface area contributed by atoms with Crippen LogP contribution >= 0.6 is 0 Å². The van der Waals surface area contributed by atoms with E-state index in [0.29, 0.717) is 0 Å². The van der Waals surface area contributed by atoms with E-state index in [2.05, 4.69) is 0 Å². The number of amides is 2. The van der Waals surface area contributed by atoms with Crippen LogP contribution < -0.4 is 0 Å². The molecular weight excluding hydrogens is 444 g/mol. The number of hydrogen-bond acceptors (Lipinski definition) is 9. The summed E-state index contributed by atoms with van der Waals surface area (Å²) in [5.74, 6) is -3.59. The molecule has 2 amide bonds. The van der Waals surface area contributed by atoms with Gasteiger partial charge in [0.15, 0.2) is 0 Å². The van der Waals surface area contributed by atoms with E-state index >= 15 is 0 Å². The molecule has 0 aromatic rings. The molecule has 3 heterocycles. The van der Waals surface area contributed by atoms with Crippen LogP contribution in [0, 0.1) is 0 Å². The smallest absolute Gasteiger partial charge is 0.410 e. The highest BCUT2D eigenvalue weighted by Gasteiger charge is 2.64. The van der Waals surface area contributed by atoms with Gasteiger partial charge in [0.2, 0.25) is 11.6 Å². The van der Waals surface area contributed by atoms with Crippen LogP contribution in [0.1, 0.15) is 41.5 Å². The summed E-state index contributed by atoms with van der Waals surface area (Å²) in [6.07, 6.45) is 0.129. The largest absolute Gasteiger partial charge is 0.444 e. The molecule has 0 saturated carbocycles. The number of carbonyl (C=O) groups is 2. The molecule has 11 nitrogen and oxygen atoms in total. The summed E-state index contributed by atoms with van der Waals surface area (Å²) < 4.78 is 31.6. The maximum absolute atomic E-state index is 12.3. The number of aliphatic hydroxyl groups is 2. The Bertz CT molecular complexity index is 690. The number of hydrogen-bond donors (Lipinski definition) is 2. The second-order valence-corrected chi connectivity index (χ2v) is 11.8. The minimum Gasteiger partial charge on any atom is -0.444 e. The number of nitrogens with zero attached hydrogens (tertiary/aromatic N) is 2. The zero-order valence-electron chi connectivity index (χ0n) is 20.0. The van der Waals surface area contributed by atoms with Gasteiger partial charge in [-0.1, -0.05) is 0 Å². The van der Waals surface area contributed by atoms with Crippen LogP contribution in [-0.2, 0) is 29.7 Å². The fourth-order valence-corrected chi connectivity index (χ4v) is 3.47. The van der Waals surface area contributed by atoms with Crippen LogP contribution in [0.25, 0.3) is 0 Å². The van der Waals surface area contributed by atoms with E-state index in [4.69, 9.17) is 18.9 Å². The van der Waals surface area contributed by atoms with E-state index in [0.717, 1.165) is 0 Å². The summed E-state index contributed by atoms with van der Waals surface area (Å²) >= 11 is 0. The van der Waals surface area contributed by atoms with Crippen LogP contribution in [0.3, 0.4) is 0 Å². The molecule has 32 heavy (non-hydrogen) atoms. The highest BCUT2D eigenvalue weighted by atomic mass is 32.2. The van der Waals surface area contributed by atoms with Gasteiger partial charge in [-0.2, -0.15) is 0 Å². The SMILES string of the molecule is CC(C)(C)OC(=O)N1CC2OC3(O)CN(C(=O)OC(C)(C)C)CC3OC2(O)C1.CS(C)=O. The van der Waals surface area contributed by atoms with E-state index in [9.17, 15) is 24.0 Å². The molecule has 0 aromatic heterocycles. The molecule has 186 valence electrons. The van der Waals surface area contributed by atoms with Gasteiger partial charge in [-0.05, 0) is 41.5 Å². The fourth-order valence-electron chi connectivity index (χ4n) is 3.47. The zero-order valence-corrected chi connectivity index (χ0v) is 20.9. The Morgan fingerprint density at radius 2 is 1.12 bits per heavy atom. The van der Waals surface area contributed by atoms with E-state index in [1.807, 2.05) is 0 Å². The lowest BCUT2D eigenvalue weighted by Crippen LogP contribution is -2.63. The molecular formula is C20H36N2O9S. The van der Waals surface area contributed by atoms with Gasteiger partial charge in [0, 0.05) is 23.3 Å².